The lowest BCUT2D eigenvalue weighted by Gasteiger charge is -2.30. The number of likely N-dealkylation sites (tertiary alicyclic amines) is 1. The maximum Gasteiger partial charge on any atom is 0.236 e. The van der Waals surface area contributed by atoms with E-state index >= 15 is 0 Å². The van der Waals surface area contributed by atoms with Gasteiger partial charge in [-0.05, 0) is 50.7 Å². The molecule has 0 radical (unpaired) electrons. The number of aromatic hydroxyl groups is 1. The van der Waals surface area contributed by atoms with Crippen LogP contribution >= 0.6 is 11.6 Å². The van der Waals surface area contributed by atoms with Crippen molar-refractivity contribution in [2.45, 2.75) is 18.9 Å². The third-order valence-corrected chi connectivity index (χ3v) is 4.77. The smallest absolute Gasteiger partial charge is 0.236 e. The number of fused-ring (bicyclic) bond motifs is 1. The SMILES string of the molecule is CN1CCC[C@@H](Nc2ccn3cc(-c4ccc(Cl)cc4O)nc3n2)C1. The van der Waals surface area contributed by atoms with Crippen LogP contribution in [0.25, 0.3) is 17.0 Å². The average Bonchev–Trinajstić information content (AvgIpc) is 2.97. The molecule has 1 fully saturated rings. The highest BCUT2D eigenvalue weighted by Gasteiger charge is 2.17. The van der Waals surface area contributed by atoms with E-state index in [9.17, 15) is 5.11 Å². The summed E-state index contributed by atoms with van der Waals surface area (Å²) in [6, 6.07) is 7.37. The Morgan fingerprint density at radius 3 is 2.96 bits per heavy atom. The van der Waals surface area contributed by atoms with Crippen LogP contribution in [0, 0.1) is 0 Å². The maximum absolute atomic E-state index is 10.1. The van der Waals surface area contributed by atoms with E-state index in [4.69, 9.17) is 11.6 Å². The second-order valence-corrected chi connectivity index (χ2v) is 6.99. The number of anilines is 1. The van der Waals surface area contributed by atoms with Gasteiger partial charge in [-0.1, -0.05) is 11.6 Å². The van der Waals surface area contributed by atoms with Crippen LogP contribution in [-0.2, 0) is 0 Å². The largest absolute Gasteiger partial charge is 0.507 e. The molecule has 4 rings (SSSR count). The van der Waals surface area contributed by atoms with E-state index in [2.05, 4.69) is 27.2 Å². The fourth-order valence-electron chi connectivity index (χ4n) is 3.30. The molecular formula is C18H20ClN5O. The lowest BCUT2D eigenvalue weighted by Crippen LogP contribution is -2.39. The van der Waals surface area contributed by atoms with Crippen molar-refractivity contribution in [3.05, 3.63) is 41.7 Å². The van der Waals surface area contributed by atoms with Crippen molar-refractivity contribution in [3.63, 3.8) is 0 Å². The number of hydrogen-bond donors (Lipinski definition) is 2. The van der Waals surface area contributed by atoms with Crippen molar-refractivity contribution in [1.29, 1.82) is 0 Å². The molecule has 1 saturated heterocycles. The van der Waals surface area contributed by atoms with Gasteiger partial charge in [0.05, 0.1) is 5.69 Å². The number of hydrogen-bond acceptors (Lipinski definition) is 5. The van der Waals surface area contributed by atoms with Crippen molar-refractivity contribution in [2.75, 3.05) is 25.5 Å². The molecule has 0 saturated carbocycles. The number of phenolic OH excluding ortho intramolecular Hbond substituents is 1. The molecule has 2 N–H and O–H groups in total. The Kier molecular flexibility index (Phi) is 4.23. The molecule has 7 heteroatoms. The minimum atomic E-state index is 0.111. The monoisotopic (exact) mass is 357 g/mol. The molecule has 0 aliphatic carbocycles. The van der Waals surface area contributed by atoms with Gasteiger partial charge in [0.25, 0.3) is 0 Å². The molecule has 0 amide bonds. The summed E-state index contributed by atoms with van der Waals surface area (Å²) in [4.78, 5) is 11.5. The number of halogens is 1. The van der Waals surface area contributed by atoms with E-state index in [0.717, 1.165) is 25.3 Å². The molecule has 6 nitrogen and oxygen atoms in total. The molecule has 130 valence electrons. The number of likely N-dealkylation sites (N-methyl/N-ethyl adjacent to an activating group) is 1. The number of nitrogens with zero attached hydrogens (tertiary/aromatic N) is 4. The van der Waals surface area contributed by atoms with Crippen molar-refractivity contribution in [2.24, 2.45) is 0 Å². The number of imidazole rings is 1. The second kappa shape index (κ2) is 6.54. The number of benzene rings is 1. The minimum absolute atomic E-state index is 0.111. The highest BCUT2D eigenvalue weighted by Crippen LogP contribution is 2.31. The number of nitrogens with one attached hydrogen (secondary N) is 1. The van der Waals surface area contributed by atoms with E-state index in [1.807, 2.05) is 22.9 Å². The van der Waals surface area contributed by atoms with Gasteiger partial charge >= 0.3 is 0 Å². The van der Waals surface area contributed by atoms with Crippen molar-refractivity contribution in [3.8, 4) is 17.0 Å². The Hall–Kier alpha value is -2.31. The number of aromatic nitrogens is 3. The summed E-state index contributed by atoms with van der Waals surface area (Å²) in [5.41, 5.74) is 1.30. The Morgan fingerprint density at radius 1 is 1.28 bits per heavy atom. The van der Waals surface area contributed by atoms with Crippen LogP contribution in [-0.4, -0.2) is 50.6 Å². The molecule has 1 aliphatic heterocycles. The third-order valence-electron chi connectivity index (χ3n) is 4.54. The van der Waals surface area contributed by atoms with Crippen LogP contribution in [0.2, 0.25) is 5.02 Å². The number of phenols is 1. The van der Waals surface area contributed by atoms with Crippen LogP contribution in [0.5, 0.6) is 5.75 Å². The van der Waals surface area contributed by atoms with E-state index in [0.29, 0.717) is 28.1 Å². The molecule has 0 unspecified atom stereocenters. The average molecular weight is 358 g/mol. The molecule has 0 bridgehead atoms. The van der Waals surface area contributed by atoms with Crippen LogP contribution in [0.3, 0.4) is 0 Å². The Balaban J connectivity index is 1.61. The molecule has 3 heterocycles. The highest BCUT2D eigenvalue weighted by atomic mass is 35.5. The van der Waals surface area contributed by atoms with Gasteiger partial charge in [0, 0.05) is 35.6 Å². The summed E-state index contributed by atoms with van der Waals surface area (Å²) >= 11 is 5.90. The summed E-state index contributed by atoms with van der Waals surface area (Å²) < 4.78 is 1.85. The van der Waals surface area contributed by atoms with Crippen LogP contribution in [0.4, 0.5) is 5.82 Å². The summed E-state index contributed by atoms with van der Waals surface area (Å²) in [5, 5.41) is 14.1. The zero-order valence-corrected chi connectivity index (χ0v) is 14.7. The first-order valence-corrected chi connectivity index (χ1v) is 8.76. The van der Waals surface area contributed by atoms with E-state index in [-0.39, 0.29) is 5.75 Å². The van der Waals surface area contributed by atoms with Crippen molar-refractivity contribution in [1.82, 2.24) is 19.3 Å². The van der Waals surface area contributed by atoms with Gasteiger partial charge in [0.15, 0.2) is 0 Å². The molecular weight excluding hydrogens is 338 g/mol. The first kappa shape index (κ1) is 16.2. The fourth-order valence-corrected chi connectivity index (χ4v) is 3.46. The van der Waals surface area contributed by atoms with Crippen molar-refractivity contribution >= 4 is 23.2 Å². The van der Waals surface area contributed by atoms with E-state index < -0.39 is 0 Å². The Bertz CT molecular complexity index is 910. The molecule has 3 aromatic rings. The van der Waals surface area contributed by atoms with Gasteiger partial charge in [-0.3, -0.25) is 4.40 Å². The predicted octanol–water partition coefficient (Wildman–Crippen LogP) is 3.26. The minimum Gasteiger partial charge on any atom is -0.507 e. The zero-order chi connectivity index (χ0) is 17.4. The summed E-state index contributed by atoms with van der Waals surface area (Å²) in [6.07, 6.45) is 6.12. The van der Waals surface area contributed by atoms with Crippen molar-refractivity contribution < 1.29 is 5.11 Å². The standard InChI is InChI=1S/C18H20ClN5O/c1-23-7-2-3-13(10-23)20-17-6-8-24-11-15(21-18(24)22-17)14-5-4-12(19)9-16(14)25/h4-6,8-9,11,13,25H,2-3,7,10H2,1H3,(H,20,21,22)/t13-/m1/s1. The van der Waals surface area contributed by atoms with Crippen LogP contribution in [0.15, 0.2) is 36.7 Å². The van der Waals surface area contributed by atoms with Crippen LogP contribution < -0.4 is 5.32 Å². The Morgan fingerprint density at radius 2 is 2.16 bits per heavy atom. The van der Waals surface area contributed by atoms with E-state index in [1.165, 1.54) is 12.5 Å². The maximum atomic E-state index is 10.1. The van der Waals surface area contributed by atoms with Gasteiger partial charge in [-0.25, -0.2) is 4.98 Å². The lowest BCUT2D eigenvalue weighted by atomic mass is 10.1. The quantitative estimate of drug-likeness (QED) is 0.753. The topological polar surface area (TPSA) is 65.7 Å². The molecule has 1 atom stereocenters. The normalized spacial score (nSPS) is 18.6. The zero-order valence-electron chi connectivity index (χ0n) is 14.0. The first-order chi connectivity index (χ1) is 12.1. The summed E-state index contributed by atoms with van der Waals surface area (Å²) in [7, 11) is 2.14. The van der Waals surface area contributed by atoms with Gasteiger partial charge in [0.2, 0.25) is 5.78 Å². The van der Waals surface area contributed by atoms with Gasteiger partial charge in [0.1, 0.15) is 11.6 Å². The first-order valence-electron chi connectivity index (χ1n) is 8.38. The lowest BCUT2D eigenvalue weighted by molar-refractivity contribution is 0.261. The van der Waals surface area contributed by atoms with Gasteiger partial charge in [-0.15, -0.1) is 0 Å². The molecule has 1 aromatic carbocycles. The summed E-state index contributed by atoms with van der Waals surface area (Å²) in [6.45, 7) is 2.17. The van der Waals surface area contributed by atoms with E-state index in [1.54, 1.807) is 12.1 Å². The molecule has 25 heavy (non-hydrogen) atoms. The number of piperidine rings is 1. The van der Waals surface area contributed by atoms with Gasteiger partial charge in [-0.2, -0.15) is 4.98 Å². The predicted molar refractivity (Wildman–Crippen MR) is 99.2 cm³/mol. The highest BCUT2D eigenvalue weighted by molar-refractivity contribution is 6.30. The van der Waals surface area contributed by atoms with Gasteiger partial charge < -0.3 is 15.3 Å². The fraction of sp³-hybridized carbons (Fsp3) is 0.333. The molecule has 1 aliphatic rings. The molecule has 2 aromatic heterocycles. The second-order valence-electron chi connectivity index (χ2n) is 6.55. The molecule has 0 spiro atoms. The third kappa shape index (κ3) is 3.41. The summed E-state index contributed by atoms with van der Waals surface area (Å²) in [5.74, 6) is 1.53. The van der Waals surface area contributed by atoms with Crippen LogP contribution in [0.1, 0.15) is 12.8 Å². The Labute approximate surface area is 151 Å². The number of rotatable bonds is 3.